The van der Waals surface area contributed by atoms with Crippen LogP contribution in [0.25, 0.3) is 20.1 Å². The van der Waals surface area contributed by atoms with Crippen LogP contribution in [-0.4, -0.2) is 10.1 Å². The molecule has 3 rings (SSSR count). The van der Waals surface area contributed by atoms with Crippen LogP contribution >= 0.6 is 22.7 Å². The normalized spacial score (nSPS) is 11.3. The molecule has 0 unspecified atom stereocenters. The molecule has 4 heteroatoms. The number of nitrogens with zero attached hydrogens (tertiary/aromatic N) is 1. The van der Waals surface area contributed by atoms with Gasteiger partial charge in [0.05, 0.1) is 21.7 Å². The second-order valence-corrected chi connectivity index (χ2v) is 6.49. The lowest BCUT2D eigenvalue weighted by Gasteiger charge is -1.96. The molecule has 1 N–H and O–H groups in total. The minimum Gasteiger partial charge on any atom is -0.391 e. The molecular formula is C14H13NOS2. The lowest BCUT2D eigenvalue weighted by Crippen LogP contribution is -1.78. The highest BCUT2D eigenvalue weighted by Crippen LogP contribution is 2.36. The fourth-order valence-corrected chi connectivity index (χ4v) is 3.98. The molecule has 1 aromatic carbocycles. The Morgan fingerprint density at radius 1 is 1.06 bits per heavy atom. The molecule has 0 radical (unpaired) electrons. The van der Waals surface area contributed by atoms with Crippen LogP contribution in [0.15, 0.2) is 24.3 Å². The highest BCUT2D eigenvalue weighted by atomic mass is 32.1. The van der Waals surface area contributed by atoms with E-state index in [9.17, 15) is 0 Å². The molecule has 0 saturated carbocycles. The Kier molecular flexibility index (Phi) is 2.93. The van der Waals surface area contributed by atoms with Gasteiger partial charge in [0.15, 0.2) is 0 Å². The van der Waals surface area contributed by atoms with Crippen molar-refractivity contribution in [2.24, 2.45) is 0 Å². The van der Waals surface area contributed by atoms with Crippen LogP contribution in [0.4, 0.5) is 0 Å². The molecule has 2 aromatic heterocycles. The van der Waals surface area contributed by atoms with E-state index >= 15 is 0 Å². The van der Waals surface area contributed by atoms with E-state index in [1.807, 2.05) is 12.1 Å². The summed E-state index contributed by atoms with van der Waals surface area (Å²) in [7, 11) is 0. The Morgan fingerprint density at radius 2 is 1.83 bits per heavy atom. The van der Waals surface area contributed by atoms with E-state index in [1.165, 1.54) is 15.8 Å². The molecule has 92 valence electrons. The second-order valence-electron chi connectivity index (χ2n) is 4.32. The topological polar surface area (TPSA) is 33.1 Å². The number of thiazole rings is 1. The number of hydrogen-bond donors (Lipinski definition) is 1. The van der Waals surface area contributed by atoms with E-state index in [-0.39, 0.29) is 6.61 Å². The van der Waals surface area contributed by atoms with Crippen molar-refractivity contribution in [3.8, 4) is 9.88 Å². The molecule has 0 saturated heterocycles. The first kappa shape index (κ1) is 11.8. The summed E-state index contributed by atoms with van der Waals surface area (Å²) in [6.07, 6.45) is 0. The van der Waals surface area contributed by atoms with Gasteiger partial charge in [-0.2, -0.15) is 0 Å². The summed E-state index contributed by atoms with van der Waals surface area (Å²) in [5, 5.41) is 10.2. The zero-order valence-corrected chi connectivity index (χ0v) is 11.9. The van der Waals surface area contributed by atoms with Crippen molar-refractivity contribution in [3.63, 3.8) is 0 Å². The van der Waals surface area contributed by atoms with Crippen LogP contribution in [0.3, 0.4) is 0 Å². The molecule has 18 heavy (non-hydrogen) atoms. The largest absolute Gasteiger partial charge is 0.391 e. The van der Waals surface area contributed by atoms with Crippen LogP contribution in [0.5, 0.6) is 0 Å². The van der Waals surface area contributed by atoms with Gasteiger partial charge in [0.25, 0.3) is 0 Å². The molecule has 0 atom stereocenters. The van der Waals surface area contributed by atoms with E-state index in [0.29, 0.717) is 0 Å². The highest BCUT2D eigenvalue weighted by molar-refractivity contribution is 7.25. The van der Waals surface area contributed by atoms with Gasteiger partial charge >= 0.3 is 0 Å². The van der Waals surface area contributed by atoms with E-state index < -0.39 is 0 Å². The monoisotopic (exact) mass is 275 g/mol. The Balaban J connectivity index is 2.19. The predicted octanol–water partition coefficient (Wildman–Crippen LogP) is 4.13. The maximum atomic E-state index is 9.12. The van der Waals surface area contributed by atoms with Gasteiger partial charge in [-0.05, 0) is 37.1 Å². The molecular weight excluding hydrogens is 262 g/mol. The summed E-state index contributed by atoms with van der Waals surface area (Å²) in [6.45, 7) is 4.32. The van der Waals surface area contributed by atoms with Gasteiger partial charge in [0, 0.05) is 4.88 Å². The fraction of sp³-hybridized carbons (Fsp3) is 0.214. The van der Waals surface area contributed by atoms with Crippen molar-refractivity contribution < 1.29 is 5.11 Å². The van der Waals surface area contributed by atoms with Gasteiger partial charge < -0.3 is 5.11 Å². The molecule has 0 aliphatic rings. The van der Waals surface area contributed by atoms with E-state index in [0.717, 1.165) is 20.3 Å². The summed E-state index contributed by atoms with van der Waals surface area (Å²) in [4.78, 5) is 6.86. The lowest BCUT2D eigenvalue weighted by atomic mass is 10.1. The molecule has 3 aromatic rings. The maximum Gasteiger partial charge on any atom is 0.134 e. The zero-order valence-electron chi connectivity index (χ0n) is 10.2. The zero-order chi connectivity index (χ0) is 12.7. The molecule has 0 bridgehead atoms. The van der Waals surface area contributed by atoms with Crippen molar-refractivity contribution in [3.05, 3.63) is 40.3 Å². The third-order valence-corrected chi connectivity index (χ3v) is 5.40. The third-order valence-electron chi connectivity index (χ3n) is 2.97. The Bertz CT molecular complexity index is 673. The smallest absolute Gasteiger partial charge is 0.134 e. The Labute approximate surface area is 114 Å². The van der Waals surface area contributed by atoms with Gasteiger partial charge in [-0.15, -0.1) is 22.7 Å². The fourth-order valence-electron chi connectivity index (χ4n) is 1.94. The SMILES string of the molecule is Cc1ccc(C)c2sc(-c3ccc(CO)s3)nc12. The van der Waals surface area contributed by atoms with E-state index in [2.05, 4.69) is 26.0 Å². The average Bonchev–Trinajstić information content (AvgIpc) is 2.99. The summed E-state index contributed by atoms with van der Waals surface area (Å²) in [5.74, 6) is 0. The number of aliphatic hydroxyl groups excluding tert-OH is 1. The average molecular weight is 275 g/mol. The molecule has 0 spiro atoms. The van der Waals surface area contributed by atoms with Gasteiger partial charge in [-0.25, -0.2) is 4.98 Å². The maximum absolute atomic E-state index is 9.12. The quantitative estimate of drug-likeness (QED) is 0.762. The molecule has 0 fully saturated rings. The van der Waals surface area contributed by atoms with E-state index in [1.54, 1.807) is 22.7 Å². The minimum atomic E-state index is 0.105. The number of benzene rings is 1. The van der Waals surface area contributed by atoms with Crippen molar-refractivity contribution in [2.75, 3.05) is 0 Å². The van der Waals surface area contributed by atoms with Crippen molar-refractivity contribution in [2.45, 2.75) is 20.5 Å². The van der Waals surface area contributed by atoms with Crippen molar-refractivity contribution in [1.29, 1.82) is 0 Å². The number of hydrogen-bond acceptors (Lipinski definition) is 4. The van der Waals surface area contributed by atoms with Gasteiger partial charge in [-0.3, -0.25) is 0 Å². The summed E-state index contributed by atoms with van der Waals surface area (Å²) in [6, 6.07) is 8.27. The third kappa shape index (κ3) is 1.86. The molecule has 0 aliphatic heterocycles. The first-order valence-corrected chi connectivity index (χ1v) is 7.39. The van der Waals surface area contributed by atoms with Crippen LogP contribution in [-0.2, 0) is 6.61 Å². The van der Waals surface area contributed by atoms with Crippen molar-refractivity contribution in [1.82, 2.24) is 4.98 Å². The predicted molar refractivity (Wildman–Crippen MR) is 78.3 cm³/mol. The number of thiophene rings is 1. The summed E-state index contributed by atoms with van der Waals surface area (Å²) < 4.78 is 1.27. The first-order valence-electron chi connectivity index (χ1n) is 5.75. The van der Waals surface area contributed by atoms with E-state index in [4.69, 9.17) is 10.1 Å². The van der Waals surface area contributed by atoms with Gasteiger partial charge in [-0.1, -0.05) is 12.1 Å². The van der Waals surface area contributed by atoms with Gasteiger partial charge in [0.1, 0.15) is 5.01 Å². The Hall–Kier alpha value is -1.23. The highest BCUT2D eigenvalue weighted by Gasteiger charge is 2.11. The number of aliphatic hydroxyl groups is 1. The van der Waals surface area contributed by atoms with Crippen LogP contribution in [0.1, 0.15) is 16.0 Å². The number of aryl methyl sites for hydroxylation is 2. The number of rotatable bonds is 2. The summed E-state index contributed by atoms with van der Waals surface area (Å²) in [5.41, 5.74) is 3.60. The number of fused-ring (bicyclic) bond motifs is 1. The molecule has 2 heterocycles. The first-order chi connectivity index (χ1) is 8.69. The molecule has 0 aliphatic carbocycles. The van der Waals surface area contributed by atoms with Crippen LogP contribution < -0.4 is 0 Å². The second kappa shape index (κ2) is 4.46. The van der Waals surface area contributed by atoms with Crippen molar-refractivity contribution >= 4 is 32.9 Å². The standard InChI is InChI=1S/C14H13NOS2/c1-8-3-4-9(2)13-12(8)15-14(18-13)11-6-5-10(7-16)17-11/h3-6,16H,7H2,1-2H3. The summed E-state index contributed by atoms with van der Waals surface area (Å²) >= 11 is 3.34. The van der Waals surface area contributed by atoms with Crippen LogP contribution in [0, 0.1) is 13.8 Å². The Morgan fingerprint density at radius 3 is 2.50 bits per heavy atom. The number of aromatic nitrogens is 1. The molecule has 2 nitrogen and oxygen atoms in total. The molecule has 0 amide bonds. The van der Waals surface area contributed by atoms with Gasteiger partial charge in [0.2, 0.25) is 0 Å². The minimum absolute atomic E-state index is 0.105. The lowest BCUT2D eigenvalue weighted by molar-refractivity contribution is 0.285. The van der Waals surface area contributed by atoms with Crippen LogP contribution in [0.2, 0.25) is 0 Å².